The molecule has 2 bridgehead atoms. The SMILES string of the molecule is CC(C)(C)C(=O)NC1CC2CCC(C1)[S+]2c1ccc(C(C)(C)C)cc1. The number of carbonyl (C=O) groups excluding carboxylic acids is 1. The molecule has 0 spiro atoms. The van der Waals surface area contributed by atoms with Gasteiger partial charge >= 0.3 is 0 Å². The first-order chi connectivity index (χ1) is 11.6. The molecule has 3 rings (SSSR count). The summed E-state index contributed by atoms with van der Waals surface area (Å²) < 4.78 is 0. The van der Waals surface area contributed by atoms with E-state index in [9.17, 15) is 4.79 Å². The number of hydrogen-bond acceptors (Lipinski definition) is 1. The Morgan fingerprint density at radius 3 is 1.92 bits per heavy atom. The van der Waals surface area contributed by atoms with Gasteiger partial charge in [-0.2, -0.15) is 0 Å². The Bertz CT molecular complexity index is 609. The highest BCUT2D eigenvalue weighted by Crippen LogP contribution is 2.44. The molecule has 1 aromatic rings. The third-order valence-electron chi connectivity index (χ3n) is 5.63. The Kier molecular flexibility index (Phi) is 5.00. The lowest BCUT2D eigenvalue weighted by Crippen LogP contribution is -2.48. The van der Waals surface area contributed by atoms with Gasteiger partial charge < -0.3 is 5.32 Å². The molecule has 2 saturated heterocycles. The van der Waals surface area contributed by atoms with Gasteiger partial charge in [-0.1, -0.05) is 53.7 Å². The molecule has 1 amide bonds. The Balaban J connectivity index is 1.70. The van der Waals surface area contributed by atoms with Gasteiger partial charge in [0.2, 0.25) is 5.91 Å². The molecule has 2 fully saturated rings. The van der Waals surface area contributed by atoms with E-state index in [0.29, 0.717) is 16.9 Å². The van der Waals surface area contributed by atoms with Gasteiger partial charge in [-0.3, -0.25) is 4.79 Å². The second-order valence-electron chi connectivity index (χ2n) is 9.86. The number of rotatable bonds is 2. The van der Waals surface area contributed by atoms with Gasteiger partial charge in [0.1, 0.15) is 10.5 Å². The standard InChI is InChI=1S/C22H33NOS/c1-21(2,3)15-7-9-17(10-8-15)25-18-11-12-19(25)14-16(13-18)23-20(24)22(4,5)6/h7-10,16,18-19H,11-14H2,1-6H3/p+1. The van der Waals surface area contributed by atoms with Crippen LogP contribution in [0.3, 0.4) is 0 Å². The van der Waals surface area contributed by atoms with Crippen molar-refractivity contribution in [3.05, 3.63) is 29.8 Å². The van der Waals surface area contributed by atoms with Crippen molar-refractivity contribution in [3.63, 3.8) is 0 Å². The predicted octanol–water partition coefficient (Wildman–Crippen LogP) is 4.82. The van der Waals surface area contributed by atoms with Crippen molar-refractivity contribution in [1.82, 2.24) is 5.32 Å². The average Bonchev–Trinajstić information content (AvgIpc) is 2.77. The van der Waals surface area contributed by atoms with Crippen molar-refractivity contribution in [2.24, 2.45) is 5.41 Å². The lowest BCUT2D eigenvalue weighted by molar-refractivity contribution is -0.129. The summed E-state index contributed by atoms with van der Waals surface area (Å²) in [5.41, 5.74) is 1.34. The van der Waals surface area contributed by atoms with Crippen LogP contribution in [-0.2, 0) is 21.1 Å². The fourth-order valence-electron chi connectivity index (χ4n) is 4.09. The Labute approximate surface area is 156 Å². The zero-order chi connectivity index (χ0) is 18.4. The van der Waals surface area contributed by atoms with Crippen LogP contribution in [0.5, 0.6) is 0 Å². The Hall–Kier alpha value is -0.960. The summed E-state index contributed by atoms with van der Waals surface area (Å²) in [5, 5.41) is 4.83. The highest BCUT2D eigenvalue weighted by Gasteiger charge is 2.52. The van der Waals surface area contributed by atoms with E-state index in [-0.39, 0.29) is 16.7 Å². The number of benzene rings is 1. The lowest BCUT2D eigenvalue weighted by Gasteiger charge is -2.31. The van der Waals surface area contributed by atoms with E-state index in [0.717, 1.165) is 23.3 Å². The zero-order valence-electron chi connectivity index (χ0n) is 16.7. The van der Waals surface area contributed by atoms with Crippen LogP contribution in [0.15, 0.2) is 29.2 Å². The van der Waals surface area contributed by atoms with Crippen LogP contribution >= 0.6 is 0 Å². The molecule has 0 radical (unpaired) electrons. The molecule has 0 aromatic heterocycles. The van der Waals surface area contributed by atoms with Crippen LogP contribution in [0.25, 0.3) is 0 Å². The average molecular weight is 361 g/mol. The Morgan fingerprint density at radius 1 is 0.960 bits per heavy atom. The molecule has 138 valence electrons. The summed E-state index contributed by atoms with van der Waals surface area (Å²) in [7, 11) is 0.371. The fourth-order valence-corrected chi connectivity index (χ4v) is 7.51. The smallest absolute Gasteiger partial charge is 0.225 e. The topological polar surface area (TPSA) is 29.1 Å². The third kappa shape index (κ3) is 4.07. The van der Waals surface area contributed by atoms with Crippen molar-refractivity contribution in [3.8, 4) is 0 Å². The summed E-state index contributed by atoms with van der Waals surface area (Å²) in [6.07, 6.45) is 4.97. The van der Waals surface area contributed by atoms with Crippen molar-refractivity contribution in [1.29, 1.82) is 0 Å². The first kappa shape index (κ1) is 18.8. The van der Waals surface area contributed by atoms with Crippen LogP contribution < -0.4 is 5.32 Å². The summed E-state index contributed by atoms with van der Waals surface area (Å²) >= 11 is 0. The number of carbonyl (C=O) groups is 1. The van der Waals surface area contributed by atoms with E-state index >= 15 is 0 Å². The van der Waals surface area contributed by atoms with Crippen molar-refractivity contribution in [2.45, 2.75) is 94.1 Å². The summed E-state index contributed by atoms with van der Waals surface area (Å²) in [6.45, 7) is 12.8. The molecule has 2 aliphatic heterocycles. The second-order valence-corrected chi connectivity index (χ2v) is 12.4. The van der Waals surface area contributed by atoms with Gasteiger partial charge in [0.15, 0.2) is 4.90 Å². The van der Waals surface area contributed by atoms with Gasteiger partial charge in [-0.15, -0.1) is 0 Å². The molecule has 2 unspecified atom stereocenters. The molecule has 1 N–H and O–H groups in total. The normalized spacial score (nSPS) is 29.5. The first-order valence-corrected chi connectivity index (χ1v) is 11.0. The second kappa shape index (κ2) is 6.64. The molecule has 3 heteroatoms. The molecular formula is C22H34NOS+. The molecule has 25 heavy (non-hydrogen) atoms. The molecule has 2 heterocycles. The van der Waals surface area contributed by atoms with Gasteiger partial charge in [0.05, 0.1) is 0 Å². The summed E-state index contributed by atoms with van der Waals surface area (Å²) in [4.78, 5) is 13.9. The van der Waals surface area contributed by atoms with Crippen molar-refractivity contribution in [2.75, 3.05) is 0 Å². The third-order valence-corrected chi connectivity index (χ3v) is 8.74. The molecular weight excluding hydrogens is 326 g/mol. The van der Waals surface area contributed by atoms with Gasteiger partial charge in [0.25, 0.3) is 0 Å². The van der Waals surface area contributed by atoms with Crippen LogP contribution in [0.4, 0.5) is 0 Å². The molecule has 1 aromatic carbocycles. The zero-order valence-corrected chi connectivity index (χ0v) is 17.5. The quantitative estimate of drug-likeness (QED) is 0.753. The number of fused-ring (bicyclic) bond motifs is 2. The highest BCUT2D eigenvalue weighted by atomic mass is 32.2. The summed E-state index contributed by atoms with van der Waals surface area (Å²) in [6, 6.07) is 9.79. The van der Waals surface area contributed by atoms with E-state index in [1.807, 2.05) is 20.8 Å². The highest BCUT2D eigenvalue weighted by molar-refractivity contribution is 7.98. The maximum Gasteiger partial charge on any atom is 0.225 e. The van der Waals surface area contributed by atoms with Crippen molar-refractivity contribution < 1.29 is 4.79 Å². The van der Waals surface area contributed by atoms with Crippen LogP contribution in [0, 0.1) is 5.41 Å². The van der Waals surface area contributed by atoms with Crippen LogP contribution in [0.2, 0.25) is 0 Å². The van der Waals surface area contributed by atoms with E-state index in [1.165, 1.54) is 18.4 Å². The van der Waals surface area contributed by atoms with E-state index in [4.69, 9.17) is 0 Å². The van der Waals surface area contributed by atoms with Gasteiger partial charge in [-0.25, -0.2) is 0 Å². The first-order valence-electron chi connectivity index (χ1n) is 9.69. The maximum atomic E-state index is 12.3. The van der Waals surface area contributed by atoms with Gasteiger partial charge in [0, 0.05) is 48.0 Å². The Morgan fingerprint density at radius 2 is 1.48 bits per heavy atom. The minimum atomic E-state index is -0.291. The molecule has 2 nitrogen and oxygen atoms in total. The van der Waals surface area contributed by atoms with E-state index in [1.54, 1.807) is 4.90 Å². The molecule has 2 aliphatic rings. The number of amides is 1. The number of hydrogen-bond donors (Lipinski definition) is 1. The summed E-state index contributed by atoms with van der Waals surface area (Å²) in [5.74, 6) is 0.202. The van der Waals surface area contributed by atoms with Crippen molar-refractivity contribution >= 4 is 16.8 Å². The monoisotopic (exact) mass is 360 g/mol. The molecule has 0 aliphatic carbocycles. The maximum absolute atomic E-state index is 12.3. The lowest BCUT2D eigenvalue weighted by atomic mass is 9.87. The number of nitrogens with one attached hydrogen (secondary N) is 1. The van der Waals surface area contributed by atoms with E-state index in [2.05, 4.69) is 50.4 Å². The van der Waals surface area contributed by atoms with Gasteiger partial charge in [-0.05, 0) is 23.1 Å². The predicted molar refractivity (Wildman–Crippen MR) is 108 cm³/mol. The van der Waals surface area contributed by atoms with E-state index < -0.39 is 0 Å². The molecule has 2 atom stereocenters. The molecule has 0 saturated carbocycles. The van der Waals surface area contributed by atoms with Crippen LogP contribution in [-0.4, -0.2) is 22.4 Å². The minimum absolute atomic E-state index is 0.202. The van der Waals surface area contributed by atoms with Crippen LogP contribution in [0.1, 0.15) is 72.8 Å². The largest absolute Gasteiger partial charge is 0.353 e. The fraction of sp³-hybridized carbons (Fsp3) is 0.682. The minimum Gasteiger partial charge on any atom is -0.353 e.